The number of rotatable bonds is 6. The lowest BCUT2D eigenvalue weighted by molar-refractivity contribution is 0.281. The summed E-state index contributed by atoms with van der Waals surface area (Å²) in [6.45, 7) is -0.307. The molecule has 0 aliphatic heterocycles. The second-order valence-electron chi connectivity index (χ2n) is 4.38. The Morgan fingerprint density at radius 2 is 1.85 bits per heavy atom. The van der Waals surface area contributed by atoms with E-state index in [4.69, 9.17) is 5.11 Å². The first kappa shape index (κ1) is 17.6. The maximum atomic E-state index is 12.3. The fourth-order valence-electron chi connectivity index (χ4n) is 1.43. The number of halogens is 1. The number of hydrogen-bond acceptors (Lipinski definition) is 5. The van der Waals surface area contributed by atoms with Crippen molar-refractivity contribution in [1.29, 1.82) is 0 Å². The maximum Gasteiger partial charge on any atom is 0.243 e. The van der Waals surface area contributed by atoms with Crippen molar-refractivity contribution in [3.8, 4) is 0 Å². The molecular weight excluding hydrogens is 370 g/mol. The Hall–Kier alpha value is -0.480. The van der Waals surface area contributed by atoms with E-state index in [0.29, 0.717) is 10.0 Å². The second-order valence-corrected chi connectivity index (χ2v) is 9.51. The summed E-state index contributed by atoms with van der Waals surface area (Å²) in [5, 5.41) is 8.99. The van der Waals surface area contributed by atoms with Crippen LogP contribution in [0.15, 0.2) is 27.6 Å². The van der Waals surface area contributed by atoms with Crippen molar-refractivity contribution >= 4 is 35.8 Å². The van der Waals surface area contributed by atoms with E-state index in [1.807, 2.05) is 0 Å². The predicted octanol–water partition coefficient (Wildman–Crippen LogP) is 0.607. The number of benzene rings is 1. The summed E-state index contributed by atoms with van der Waals surface area (Å²) in [4.78, 5) is 0.0331. The van der Waals surface area contributed by atoms with Crippen molar-refractivity contribution in [1.82, 2.24) is 4.31 Å². The lowest BCUT2D eigenvalue weighted by Crippen LogP contribution is -2.31. The van der Waals surface area contributed by atoms with Gasteiger partial charge in [-0.05, 0) is 33.6 Å². The zero-order chi connectivity index (χ0) is 15.6. The van der Waals surface area contributed by atoms with E-state index < -0.39 is 19.9 Å². The highest BCUT2D eigenvalue weighted by Crippen LogP contribution is 2.25. The second kappa shape index (κ2) is 6.52. The maximum absolute atomic E-state index is 12.3. The van der Waals surface area contributed by atoms with E-state index in [9.17, 15) is 16.8 Å². The van der Waals surface area contributed by atoms with Crippen LogP contribution in [-0.2, 0) is 26.5 Å². The van der Waals surface area contributed by atoms with Gasteiger partial charge in [0.1, 0.15) is 9.84 Å². The minimum Gasteiger partial charge on any atom is -0.392 e. The van der Waals surface area contributed by atoms with Crippen LogP contribution in [0, 0.1) is 0 Å². The SMILES string of the molecule is CN(CCS(C)(=O)=O)S(=O)(=O)c1ccc(CO)cc1Br. The Morgan fingerprint density at radius 1 is 1.25 bits per heavy atom. The molecule has 0 aliphatic carbocycles. The predicted molar refractivity (Wildman–Crippen MR) is 79.6 cm³/mol. The van der Waals surface area contributed by atoms with E-state index in [2.05, 4.69) is 15.9 Å². The molecule has 0 unspecified atom stereocenters. The first-order valence-corrected chi connectivity index (χ1v) is 9.90. The van der Waals surface area contributed by atoms with E-state index in [1.54, 1.807) is 0 Å². The van der Waals surface area contributed by atoms with Gasteiger partial charge in [0.05, 0.1) is 17.3 Å². The highest BCUT2D eigenvalue weighted by molar-refractivity contribution is 9.10. The fourth-order valence-corrected chi connectivity index (χ4v) is 4.41. The number of aliphatic hydroxyl groups excluding tert-OH is 1. The lowest BCUT2D eigenvalue weighted by Gasteiger charge is -2.17. The van der Waals surface area contributed by atoms with Crippen LogP contribution in [0.1, 0.15) is 5.56 Å². The molecule has 0 aromatic heterocycles. The summed E-state index contributed by atoms with van der Waals surface area (Å²) in [5.41, 5.74) is 0.578. The Bertz CT molecular complexity index is 685. The first-order chi connectivity index (χ1) is 9.08. The smallest absolute Gasteiger partial charge is 0.243 e. The fraction of sp³-hybridized carbons (Fsp3) is 0.455. The molecule has 0 bridgehead atoms. The Labute approximate surface area is 127 Å². The van der Waals surface area contributed by atoms with Crippen LogP contribution in [-0.4, -0.2) is 51.8 Å². The van der Waals surface area contributed by atoms with Crippen LogP contribution in [0.5, 0.6) is 0 Å². The number of nitrogens with zero attached hydrogens (tertiary/aromatic N) is 1. The van der Waals surface area contributed by atoms with Crippen molar-refractivity contribution in [3.05, 3.63) is 28.2 Å². The van der Waals surface area contributed by atoms with Gasteiger partial charge >= 0.3 is 0 Å². The van der Waals surface area contributed by atoms with E-state index in [-0.39, 0.29) is 23.8 Å². The molecule has 1 rings (SSSR count). The minimum atomic E-state index is -3.78. The average Bonchev–Trinajstić information content (AvgIpc) is 2.34. The van der Waals surface area contributed by atoms with Gasteiger partial charge in [0.15, 0.2) is 0 Å². The van der Waals surface area contributed by atoms with Gasteiger partial charge in [-0.25, -0.2) is 16.8 Å². The van der Waals surface area contributed by atoms with Gasteiger partial charge in [-0.15, -0.1) is 0 Å². The number of sulfonamides is 1. The molecule has 1 N–H and O–H groups in total. The summed E-state index contributed by atoms with van der Waals surface area (Å²) < 4.78 is 48.1. The third kappa shape index (κ3) is 4.52. The van der Waals surface area contributed by atoms with Gasteiger partial charge in [0.25, 0.3) is 0 Å². The van der Waals surface area contributed by atoms with Gasteiger partial charge in [0.2, 0.25) is 10.0 Å². The van der Waals surface area contributed by atoms with Gasteiger partial charge < -0.3 is 5.11 Å². The van der Waals surface area contributed by atoms with Crippen LogP contribution < -0.4 is 0 Å². The van der Waals surface area contributed by atoms with E-state index in [0.717, 1.165) is 10.6 Å². The van der Waals surface area contributed by atoms with Crippen LogP contribution in [0.25, 0.3) is 0 Å². The monoisotopic (exact) mass is 385 g/mol. The molecule has 1 aromatic carbocycles. The summed E-state index contributed by atoms with van der Waals surface area (Å²) in [6.07, 6.45) is 1.05. The number of sulfone groups is 1. The average molecular weight is 386 g/mol. The summed E-state index contributed by atoms with van der Waals surface area (Å²) in [6, 6.07) is 4.39. The van der Waals surface area contributed by atoms with Crippen molar-refractivity contribution in [2.24, 2.45) is 0 Å². The Morgan fingerprint density at radius 3 is 2.30 bits per heavy atom. The normalized spacial score (nSPS) is 12.8. The largest absolute Gasteiger partial charge is 0.392 e. The summed E-state index contributed by atoms with van der Waals surface area (Å²) in [7, 11) is -5.68. The molecule has 1 aromatic rings. The molecule has 0 amide bonds. The summed E-state index contributed by atoms with van der Waals surface area (Å²) >= 11 is 3.15. The molecule has 0 saturated carbocycles. The number of hydrogen-bond donors (Lipinski definition) is 1. The van der Waals surface area contributed by atoms with Gasteiger partial charge in [-0.1, -0.05) is 6.07 Å². The van der Waals surface area contributed by atoms with Crippen LogP contribution >= 0.6 is 15.9 Å². The molecule has 114 valence electrons. The third-order valence-corrected chi connectivity index (χ3v) is 6.40. The minimum absolute atomic E-state index is 0.0331. The Balaban J connectivity index is 3.04. The first-order valence-electron chi connectivity index (χ1n) is 5.61. The molecule has 6 nitrogen and oxygen atoms in total. The van der Waals surface area contributed by atoms with Crippen molar-refractivity contribution in [2.45, 2.75) is 11.5 Å². The topological polar surface area (TPSA) is 91.8 Å². The molecule has 0 spiro atoms. The standard InChI is InChI=1S/C11H16BrNO5S2/c1-13(5-6-19(2,15)16)20(17,18)11-4-3-9(8-14)7-10(11)12/h3-4,7,14H,5-6,8H2,1-2H3. The molecule has 0 radical (unpaired) electrons. The highest BCUT2D eigenvalue weighted by atomic mass is 79.9. The molecule has 0 aliphatic rings. The Kier molecular flexibility index (Phi) is 5.73. The zero-order valence-corrected chi connectivity index (χ0v) is 14.3. The zero-order valence-electron chi connectivity index (χ0n) is 11.1. The van der Waals surface area contributed by atoms with E-state index in [1.165, 1.54) is 25.2 Å². The van der Waals surface area contributed by atoms with Crippen LogP contribution in [0.3, 0.4) is 0 Å². The van der Waals surface area contributed by atoms with Crippen molar-refractivity contribution in [2.75, 3.05) is 25.6 Å². The van der Waals surface area contributed by atoms with Gasteiger partial charge in [0, 0.05) is 24.3 Å². The highest BCUT2D eigenvalue weighted by Gasteiger charge is 2.24. The third-order valence-electron chi connectivity index (χ3n) is 2.64. The van der Waals surface area contributed by atoms with Gasteiger partial charge in [-0.2, -0.15) is 4.31 Å². The van der Waals surface area contributed by atoms with Crippen molar-refractivity contribution in [3.63, 3.8) is 0 Å². The quantitative estimate of drug-likeness (QED) is 0.774. The molecule has 9 heteroatoms. The molecule has 0 atom stereocenters. The lowest BCUT2D eigenvalue weighted by atomic mass is 10.2. The van der Waals surface area contributed by atoms with Gasteiger partial charge in [-0.3, -0.25) is 0 Å². The number of aliphatic hydroxyl groups is 1. The van der Waals surface area contributed by atoms with Crippen molar-refractivity contribution < 1.29 is 21.9 Å². The molecular formula is C11H16BrNO5S2. The molecule has 0 fully saturated rings. The molecule has 0 heterocycles. The molecule has 0 saturated heterocycles. The van der Waals surface area contributed by atoms with E-state index >= 15 is 0 Å². The van der Waals surface area contributed by atoms with Crippen LogP contribution in [0.2, 0.25) is 0 Å². The van der Waals surface area contributed by atoms with Crippen LogP contribution in [0.4, 0.5) is 0 Å². The molecule has 20 heavy (non-hydrogen) atoms. The summed E-state index contributed by atoms with van der Waals surface area (Å²) in [5.74, 6) is -0.241.